The van der Waals surface area contributed by atoms with Gasteiger partial charge in [0, 0.05) is 51.4 Å². The van der Waals surface area contributed by atoms with Gasteiger partial charge in [-0.15, -0.1) is 36.7 Å². The van der Waals surface area contributed by atoms with Crippen LogP contribution in [0.4, 0.5) is 17.1 Å². The first kappa shape index (κ1) is 126. The zero-order valence-electron chi connectivity index (χ0n) is 88.9. The topological polar surface area (TPSA) is 209 Å². The van der Waals surface area contributed by atoms with Gasteiger partial charge in [-0.3, -0.25) is 0 Å². The van der Waals surface area contributed by atoms with Gasteiger partial charge in [-0.05, 0) is 294 Å². The second-order valence-electron chi connectivity index (χ2n) is 28.9. The molecule has 139 heavy (non-hydrogen) atoms. The lowest BCUT2D eigenvalue weighted by atomic mass is 10.1. The summed E-state index contributed by atoms with van der Waals surface area (Å²) in [5.74, 6) is 6.99. The van der Waals surface area contributed by atoms with Crippen LogP contribution >= 0.6 is 23.5 Å². The number of benzene rings is 10. The maximum atomic E-state index is 5.75. The highest BCUT2D eigenvalue weighted by Gasteiger charge is 2.14. The number of ether oxygens (including phenoxy) is 5. The van der Waals surface area contributed by atoms with Gasteiger partial charge in [0.05, 0.1) is 31.1 Å². The van der Waals surface area contributed by atoms with Crippen LogP contribution in [0.25, 0.3) is 0 Å². The molecule has 754 valence electrons. The number of aryl methyl sites for hydroxylation is 10. The third kappa shape index (κ3) is 52.8. The maximum absolute atomic E-state index is 5.75. The third-order valence-corrected chi connectivity index (χ3v) is 21.6. The molecule has 10 aromatic rings. The molecule has 0 aliphatic rings. The number of hydrogen-bond acceptors (Lipinski definition) is 22. The van der Waals surface area contributed by atoms with E-state index in [1.54, 1.807) is 57.4 Å². The fraction of sp³-hybridized carbons (Fsp3) is 0.342. The van der Waals surface area contributed by atoms with Crippen molar-refractivity contribution in [3.8, 4) is 34.5 Å². The van der Waals surface area contributed by atoms with E-state index in [1.807, 2.05) is 251 Å². The highest BCUT2D eigenvalue weighted by atomic mass is 32.2. The molecule has 0 amide bonds. The molecule has 20 nitrogen and oxygen atoms in total. The van der Waals surface area contributed by atoms with Gasteiger partial charge < -0.3 is 68.7 Å². The van der Waals surface area contributed by atoms with Gasteiger partial charge in [-0.2, -0.15) is 4.89 Å². The Morgan fingerprint density at radius 2 is 0.468 bits per heavy atom. The summed E-state index contributed by atoms with van der Waals surface area (Å²) in [6.07, 6.45) is 28.3. The Hall–Kier alpha value is -13.2. The summed E-state index contributed by atoms with van der Waals surface area (Å²) in [5, 5.41) is 29.1. The van der Waals surface area contributed by atoms with Crippen LogP contribution in [-0.2, 0) is 53.7 Å². The fourth-order valence-electron chi connectivity index (χ4n) is 12.4. The van der Waals surface area contributed by atoms with Gasteiger partial charge in [0.25, 0.3) is 0 Å². The van der Waals surface area contributed by atoms with Crippen molar-refractivity contribution in [3.63, 3.8) is 0 Å². The number of thioether (sulfide) groups is 2. The number of allylic oxidation sites excluding steroid dienone is 5. The van der Waals surface area contributed by atoms with Gasteiger partial charge in [-0.25, -0.2) is 0 Å². The van der Waals surface area contributed by atoms with E-state index in [0.29, 0.717) is 38.8 Å². The average Bonchev–Trinajstić information content (AvgIpc) is 0.865. The molecule has 0 spiro atoms. The van der Waals surface area contributed by atoms with Crippen molar-refractivity contribution in [2.24, 2.45) is 25.8 Å². The van der Waals surface area contributed by atoms with Crippen molar-refractivity contribution in [2.75, 3.05) is 91.3 Å². The molecule has 10 aromatic carbocycles. The minimum Gasteiger partial charge on any atom is -0.490 e. The first-order valence-electron chi connectivity index (χ1n) is 47.5. The highest BCUT2D eigenvalue weighted by Crippen LogP contribution is 2.36. The van der Waals surface area contributed by atoms with E-state index in [2.05, 4.69) is 236 Å². The lowest BCUT2D eigenvalue weighted by molar-refractivity contribution is -0.199. The van der Waals surface area contributed by atoms with Gasteiger partial charge >= 0.3 is 0 Å². The quantitative estimate of drug-likeness (QED) is 0.00618. The first-order valence-corrected chi connectivity index (χ1v) is 49.5. The van der Waals surface area contributed by atoms with Gasteiger partial charge in [0.1, 0.15) is 97.3 Å². The molecule has 0 aliphatic heterocycles. The summed E-state index contributed by atoms with van der Waals surface area (Å²) in [6, 6.07) is 61.2. The van der Waals surface area contributed by atoms with Crippen LogP contribution in [0.2, 0.25) is 0 Å². The second kappa shape index (κ2) is 80.9. The first-order chi connectivity index (χ1) is 67.7. The summed E-state index contributed by atoms with van der Waals surface area (Å²) in [6.45, 7) is 61.7. The van der Waals surface area contributed by atoms with E-state index >= 15 is 0 Å². The predicted octanol–water partition coefficient (Wildman–Crippen LogP) is 31.3. The van der Waals surface area contributed by atoms with Crippen molar-refractivity contribution in [3.05, 3.63) is 362 Å². The van der Waals surface area contributed by atoms with Gasteiger partial charge in [-0.1, -0.05) is 253 Å². The molecule has 0 radical (unpaired) electrons. The second-order valence-corrected chi connectivity index (χ2v) is 30.9. The Bertz CT molecular complexity index is 4610. The zero-order chi connectivity index (χ0) is 104. The molecular formula is C117H162N8O12S2. The van der Waals surface area contributed by atoms with E-state index in [0.717, 1.165) is 109 Å². The van der Waals surface area contributed by atoms with Crippen molar-refractivity contribution in [1.29, 1.82) is 0 Å². The molecule has 0 aliphatic carbocycles. The predicted molar refractivity (Wildman–Crippen MR) is 598 cm³/mol. The number of oxime groups is 5. The van der Waals surface area contributed by atoms with E-state index in [1.165, 1.54) is 97.9 Å². The number of nitrogens with zero attached hydrogens (tertiary/aromatic N) is 5. The molecule has 0 unspecified atom stereocenters. The van der Waals surface area contributed by atoms with Crippen LogP contribution in [-0.4, -0.2) is 106 Å². The number of anilines is 3. The van der Waals surface area contributed by atoms with Crippen LogP contribution in [0, 0.1) is 69.2 Å². The minimum absolute atomic E-state index is 0.216. The summed E-state index contributed by atoms with van der Waals surface area (Å²) in [4.78, 5) is 36.6. The van der Waals surface area contributed by atoms with Crippen LogP contribution < -0.4 is 44.5 Å². The van der Waals surface area contributed by atoms with E-state index < -0.39 is 0 Å². The highest BCUT2D eigenvalue weighted by molar-refractivity contribution is 7.98. The summed E-state index contributed by atoms with van der Waals surface area (Å²) in [7, 11) is 7.67. The minimum atomic E-state index is 0.216. The molecule has 0 heterocycles. The summed E-state index contributed by atoms with van der Waals surface area (Å²) < 4.78 is 28.7. The molecule has 0 atom stereocenters. The number of hydrogen-bond donors (Lipinski definition) is 3. The Kier molecular flexibility index (Phi) is 73.3. The van der Waals surface area contributed by atoms with Crippen molar-refractivity contribution >= 4 is 71.7 Å². The lowest BCUT2D eigenvalue weighted by Crippen LogP contribution is -2.11. The summed E-state index contributed by atoms with van der Waals surface area (Å²) in [5.41, 5.74) is 25.2. The standard InChI is InChI=1S/C21H26N2O4.2C21H26N2O2.2C21H25NO2S.5C2H6.C2H4/c1-5-6-11-25-20-12-16(2)21(17(3)13-20)22-15-26-27-19-9-7-18(8-10-19)14-23-24-4;2*1-5-6-11-25-20-12-16(2)21(17(3)13-20)22-14-18-7-9-19(10-8-18)15-23-24-4;2*1-5-6-11-24-20-12-16(2)21(17(3)13-20)25-15-19-9-7-18(8-10-19)14-22-23-4;6*1-2/h5-10,12-14,22H,11,15H2,1-4H3;2*5-10,12-13,15,22H,11,14H2,1-4H3;2*5-10,12-14H,11,15H2,1-4H3;5*1-2H3;1-2H2/b6-5+,23-14?;2*6-5+,23-15?;2*6-5+,22-14?;;;;;;. The smallest absolute Gasteiger partial charge is 0.165 e. The molecule has 10 rings (SSSR count). The maximum Gasteiger partial charge on any atom is 0.165 e. The van der Waals surface area contributed by atoms with Crippen LogP contribution in [0.1, 0.15) is 210 Å². The molecule has 0 aromatic heterocycles. The van der Waals surface area contributed by atoms with Crippen molar-refractivity contribution < 1.29 is 57.6 Å². The van der Waals surface area contributed by atoms with E-state index in [9.17, 15) is 0 Å². The summed E-state index contributed by atoms with van der Waals surface area (Å²) >= 11 is 3.72. The number of nitrogens with one attached hydrogen (secondary N) is 3. The molecule has 0 fully saturated rings. The Labute approximate surface area is 844 Å². The van der Waals surface area contributed by atoms with Crippen molar-refractivity contribution in [1.82, 2.24) is 0 Å². The monoisotopic (exact) mass is 1940 g/mol. The average molecular weight is 1940 g/mol. The SMILES string of the molecule is C/C=C/COc1cc(C)c(NCOOc2ccc(C=NOC)cc2)c(C)c1.C/C=C/COc1cc(C)c(NCc2ccc(C=NOC)cc2)c(C)c1.C/C=C/COc1cc(C)c(NCc2ccc(C=NOC)cc2)c(C)c1.C/C=C/COc1cc(C)c(SCc2ccc(C=NOC)cc2)c(C)c1.C/C=C/COc1cc(C)c(SCc2ccc(C=NOC)cc2)c(C)c1.C=C.CC.CC.CC.CC.CC. The molecule has 0 saturated heterocycles. The van der Waals surface area contributed by atoms with E-state index in [4.69, 9.17) is 52.8 Å². The van der Waals surface area contributed by atoms with Crippen LogP contribution in [0.15, 0.2) is 291 Å². The van der Waals surface area contributed by atoms with Gasteiger partial charge in [0.15, 0.2) is 12.5 Å². The van der Waals surface area contributed by atoms with Crippen LogP contribution in [0.3, 0.4) is 0 Å². The lowest BCUT2D eigenvalue weighted by Gasteiger charge is -2.15. The van der Waals surface area contributed by atoms with Crippen molar-refractivity contribution in [2.45, 2.75) is 207 Å². The molecule has 3 N–H and O–H groups in total. The molecule has 0 saturated carbocycles. The Morgan fingerprint density at radius 1 is 0.266 bits per heavy atom. The normalized spacial score (nSPS) is 10.5. The molecule has 0 bridgehead atoms. The van der Waals surface area contributed by atoms with E-state index in [-0.39, 0.29) is 6.73 Å². The Balaban J connectivity index is 0.00000166. The zero-order valence-corrected chi connectivity index (χ0v) is 90.6. The molecule has 22 heteroatoms. The fourth-order valence-corrected chi connectivity index (χ4v) is 14.6. The van der Waals surface area contributed by atoms with Gasteiger partial charge in [0.2, 0.25) is 0 Å². The molecular weight excluding hydrogens is 1770 g/mol. The Morgan fingerprint density at radius 3 is 0.683 bits per heavy atom. The van der Waals surface area contributed by atoms with Crippen LogP contribution in [0.5, 0.6) is 34.5 Å². The number of rotatable bonds is 42. The largest absolute Gasteiger partial charge is 0.490 e. The third-order valence-electron chi connectivity index (χ3n) is 18.8.